The Bertz CT molecular complexity index is 1500. The molecule has 38 heavy (non-hydrogen) atoms. The summed E-state index contributed by atoms with van der Waals surface area (Å²) in [6, 6.07) is 13.3. The van der Waals surface area contributed by atoms with Gasteiger partial charge in [0.05, 0.1) is 33.3 Å². The van der Waals surface area contributed by atoms with Gasteiger partial charge in [0.2, 0.25) is 5.91 Å². The first-order valence-electron chi connectivity index (χ1n) is 12.0. The van der Waals surface area contributed by atoms with Crippen molar-refractivity contribution in [3.05, 3.63) is 83.1 Å². The third kappa shape index (κ3) is 5.00. The van der Waals surface area contributed by atoms with Crippen molar-refractivity contribution < 1.29 is 32.3 Å². The smallest absolute Gasteiger partial charge is 0.416 e. The van der Waals surface area contributed by atoms with E-state index in [-0.39, 0.29) is 6.42 Å². The molecule has 5 nitrogen and oxygen atoms in total. The van der Waals surface area contributed by atoms with Crippen LogP contribution in [0, 0.1) is 17.7 Å². The van der Waals surface area contributed by atoms with Crippen molar-refractivity contribution in [1.82, 2.24) is 4.98 Å². The fourth-order valence-corrected chi connectivity index (χ4v) is 6.13. The summed E-state index contributed by atoms with van der Waals surface area (Å²) in [4.78, 5) is 29.8. The number of hydrogen-bond donors (Lipinski definition) is 2. The number of benzene rings is 2. The van der Waals surface area contributed by atoms with Gasteiger partial charge in [-0.15, -0.1) is 11.3 Å². The Morgan fingerprint density at radius 1 is 1.03 bits per heavy atom. The molecule has 10 heteroatoms. The number of fused-ring (bicyclic) bond motifs is 1. The Kier molecular flexibility index (Phi) is 6.92. The van der Waals surface area contributed by atoms with Crippen LogP contribution in [-0.4, -0.2) is 22.0 Å². The number of carbonyl (C=O) groups is 2. The van der Waals surface area contributed by atoms with E-state index in [2.05, 4.69) is 10.3 Å². The summed E-state index contributed by atoms with van der Waals surface area (Å²) in [5, 5.41) is 14.4. The van der Waals surface area contributed by atoms with Crippen LogP contribution in [0.15, 0.2) is 66.2 Å². The number of rotatable bonds is 5. The average molecular weight is 543 g/mol. The van der Waals surface area contributed by atoms with E-state index < -0.39 is 52.9 Å². The normalized spacial score (nSPS) is 19.8. The minimum Gasteiger partial charge on any atom is -0.481 e. The summed E-state index contributed by atoms with van der Waals surface area (Å²) in [6.45, 7) is 0. The first-order chi connectivity index (χ1) is 18.1. The first kappa shape index (κ1) is 25.8. The largest absolute Gasteiger partial charge is 0.481 e. The monoisotopic (exact) mass is 542 g/mol. The van der Waals surface area contributed by atoms with Crippen LogP contribution in [0.4, 0.5) is 23.2 Å². The fourth-order valence-electron chi connectivity index (χ4n) is 5.24. The quantitative estimate of drug-likeness (QED) is 0.259. The van der Waals surface area contributed by atoms with Crippen LogP contribution in [0.1, 0.15) is 36.3 Å². The number of nitrogens with one attached hydrogen (secondary N) is 1. The Labute approximate surface area is 219 Å². The highest BCUT2D eigenvalue weighted by Gasteiger charge is 2.43. The van der Waals surface area contributed by atoms with Gasteiger partial charge >= 0.3 is 12.1 Å². The highest BCUT2D eigenvalue weighted by Crippen LogP contribution is 2.43. The zero-order chi connectivity index (χ0) is 27.0. The molecule has 2 aromatic heterocycles. The second-order valence-corrected chi connectivity index (χ2v) is 10.2. The molecule has 0 saturated heterocycles. The molecule has 4 aromatic rings. The summed E-state index contributed by atoms with van der Waals surface area (Å²) in [6.07, 6.45) is -1.59. The summed E-state index contributed by atoms with van der Waals surface area (Å²) >= 11 is 1.59. The standard InChI is InChI=1S/C28H22F4N2O3S/c29-21-14-17(28(30,31)32)8-9-22(21)34-26(35)20-3-1-2-18(24(20)27(36)37)15-4-6-16(7-5-15)19-10-12-33-23-11-13-38-25(19)23/h4-14,18,20,24H,1-3H2,(H,34,35)(H,36,37)/t18-,20-,24-/m1/s1. The van der Waals surface area contributed by atoms with E-state index in [1.807, 2.05) is 41.8 Å². The topological polar surface area (TPSA) is 79.3 Å². The summed E-state index contributed by atoms with van der Waals surface area (Å²) in [7, 11) is 0. The number of aromatic nitrogens is 1. The molecule has 5 rings (SSSR count). The SMILES string of the molecule is O=C(O)[C@@H]1[C@@H](c2ccc(-c3ccnc4ccsc34)cc2)CCC[C@H]1C(=O)Nc1ccc(C(F)(F)F)cc1F. The van der Waals surface area contributed by atoms with Crippen molar-refractivity contribution >= 4 is 39.1 Å². The Hall–Kier alpha value is -3.79. The highest BCUT2D eigenvalue weighted by atomic mass is 32.1. The molecule has 1 aliphatic rings. The molecular weight excluding hydrogens is 520 g/mol. The number of hydrogen-bond acceptors (Lipinski definition) is 4. The molecular formula is C28H22F4N2O3S. The van der Waals surface area contributed by atoms with E-state index >= 15 is 0 Å². The van der Waals surface area contributed by atoms with Gasteiger partial charge in [-0.05, 0) is 65.6 Å². The number of nitrogens with zero attached hydrogens (tertiary/aromatic N) is 1. The van der Waals surface area contributed by atoms with Crippen molar-refractivity contribution in [1.29, 1.82) is 0 Å². The number of thiophene rings is 1. The number of carbonyl (C=O) groups excluding carboxylic acids is 1. The lowest BCUT2D eigenvalue weighted by Crippen LogP contribution is -2.40. The second-order valence-electron chi connectivity index (χ2n) is 9.31. The number of anilines is 1. The van der Waals surface area contributed by atoms with Gasteiger partial charge < -0.3 is 10.4 Å². The fraction of sp³-hybridized carbons (Fsp3) is 0.250. The van der Waals surface area contributed by atoms with Gasteiger partial charge in [0.15, 0.2) is 0 Å². The summed E-state index contributed by atoms with van der Waals surface area (Å²) in [5.74, 6) is -5.62. The summed E-state index contributed by atoms with van der Waals surface area (Å²) < 4.78 is 53.9. The van der Waals surface area contributed by atoms with E-state index in [1.165, 1.54) is 0 Å². The van der Waals surface area contributed by atoms with Gasteiger partial charge in [-0.1, -0.05) is 30.7 Å². The molecule has 1 amide bonds. The van der Waals surface area contributed by atoms with Crippen molar-refractivity contribution in [2.24, 2.45) is 11.8 Å². The van der Waals surface area contributed by atoms with Gasteiger partial charge in [0.1, 0.15) is 5.82 Å². The Morgan fingerprint density at radius 2 is 1.79 bits per heavy atom. The molecule has 196 valence electrons. The van der Waals surface area contributed by atoms with E-state index in [9.17, 15) is 32.3 Å². The molecule has 0 spiro atoms. The number of pyridine rings is 1. The van der Waals surface area contributed by atoms with E-state index in [0.29, 0.717) is 25.0 Å². The van der Waals surface area contributed by atoms with E-state index in [4.69, 9.17) is 0 Å². The molecule has 1 saturated carbocycles. The van der Waals surface area contributed by atoms with Gasteiger partial charge in [-0.2, -0.15) is 13.2 Å². The maximum Gasteiger partial charge on any atom is 0.416 e. The highest BCUT2D eigenvalue weighted by molar-refractivity contribution is 7.17. The van der Waals surface area contributed by atoms with E-state index in [0.717, 1.165) is 33.0 Å². The molecule has 1 fully saturated rings. The number of carboxylic acids is 1. The lowest BCUT2D eigenvalue weighted by atomic mass is 9.69. The predicted octanol–water partition coefficient (Wildman–Crippen LogP) is 7.34. The lowest BCUT2D eigenvalue weighted by Gasteiger charge is -2.35. The molecule has 3 atom stereocenters. The molecule has 0 radical (unpaired) electrons. The summed E-state index contributed by atoms with van der Waals surface area (Å²) in [5.41, 5.74) is 2.05. The number of amides is 1. The van der Waals surface area contributed by atoms with Crippen molar-refractivity contribution in [2.45, 2.75) is 31.4 Å². The first-order valence-corrected chi connectivity index (χ1v) is 12.8. The van der Waals surface area contributed by atoms with Gasteiger partial charge in [-0.3, -0.25) is 14.6 Å². The number of halogens is 4. The minimum atomic E-state index is -4.73. The number of alkyl halides is 3. The second kappa shape index (κ2) is 10.2. The maximum absolute atomic E-state index is 14.3. The average Bonchev–Trinajstić information content (AvgIpc) is 3.38. The minimum absolute atomic E-state index is 0.271. The van der Waals surface area contributed by atoms with Crippen LogP contribution in [0.5, 0.6) is 0 Å². The molecule has 2 N–H and O–H groups in total. The number of aliphatic carboxylic acids is 1. The molecule has 2 heterocycles. The van der Waals surface area contributed by atoms with Crippen LogP contribution in [0.3, 0.4) is 0 Å². The van der Waals surface area contributed by atoms with Crippen molar-refractivity contribution in [3.63, 3.8) is 0 Å². The van der Waals surface area contributed by atoms with Gasteiger partial charge in [0.25, 0.3) is 0 Å². The zero-order valence-electron chi connectivity index (χ0n) is 19.8. The molecule has 0 bridgehead atoms. The van der Waals surface area contributed by atoms with Crippen LogP contribution in [-0.2, 0) is 15.8 Å². The molecule has 1 aliphatic carbocycles. The lowest BCUT2D eigenvalue weighted by molar-refractivity contribution is -0.148. The van der Waals surface area contributed by atoms with Gasteiger partial charge in [0, 0.05) is 11.8 Å². The molecule has 0 unspecified atom stereocenters. The van der Waals surface area contributed by atoms with Crippen molar-refractivity contribution in [2.75, 3.05) is 5.32 Å². The van der Waals surface area contributed by atoms with Gasteiger partial charge in [-0.25, -0.2) is 4.39 Å². The Morgan fingerprint density at radius 3 is 2.47 bits per heavy atom. The zero-order valence-corrected chi connectivity index (χ0v) is 20.7. The van der Waals surface area contributed by atoms with Crippen LogP contribution in [0.2, 0.25) is 0 Å². The van der Waals surface area contributed by atoms with Crippen molar-refractivity contribution in [3.8, 4) is 11.1 Å². The van der Waals surface area contributed by atoms with Crippen LogP contribution in [0.25, 0.3) is 21.3 Å². The Balaban J connectivity index is 1.38. The van der Waals surface area contributed by atoms with Crippen LogP contribution >= 0.6 is 11.3 Å². The number of carboxylic acid groups (broad SMARTS) is 1. The predicted molar refractivity (Wildman–Crippen MR) is 136 cm³/mol. The molecule has 0 aliphatic heterocycles. The maximum atomic E-state index is 14.3. The third-order valence-corrected chi connectivity index (χ3v) is 8.00. The molecule has 2 aromatic carbocycles. The third-order valence-electron chi connectivity index (χ3n) is 7.07. The van der Waals surface area contributed by atoms with E-state index in [1.54, 1.807) is 17.5 Å². The van der Waals surface area contributed by atoms with Crippen LogP contribution < -0.4 is 5.32 Å².